The van der Waals surface area contributed by atoms with Crippen LogP contribution in [0.25, 0.3) is 17.0 Å². The molecule has 0 bridgehead atoms. The van der Waals surface area contributed by atoms with Crippen LogP contribution in [0.4, 0.5) is 5.82 Å². The molecule has 1 aliphatic rings. The summed E-state index contributed by atoms with van der Waals surface area (Å²) in [4.78, 5) is 26.7. The van der Waals surface area contributed by atoms with E-state index in [-0.39, 0.29) is 37.2 Å². The number of nitrogens with one attached hydrogen (secondary N) is 2. The first-order valence-electron chi connectivity index (χ1n) is 9.47. The highest BCUT2D eigenvalue weighted by atomic mass is 35.5. The maximum absolute atomic E-state index is 11.0. The molecule has 4 rings (SSSR count). The summed E-state index contributed by atoms with van der Waals surface area (Å²) in [6.07, 6.45) is 6.91. The van der Waals surface area contributed by atoms with E-state index in [4.69, 9.17) is 10.2 Å². The Bertz CT molecular complexity index is 1040. The zero-order chi connectivity index (χ0) is 20.1. The second-order valence-electron chi connectivity index (χ2n) is 7.00. The van der Waals surface area contributed by atoms with Crippen LogP contribution >= 0.6 is 37.2 Å². The Morgan fingerprint density at radius 3 is 2.69 bits per heavy atom. The number of amides is 1. The summed E-state index contributed by atoms with van der Waals surface area (Å²) in [5.74, 6) is 0.0883. The van der Waals surface area contributed by atoms with Gasteiger partial charge in [0.05, 0.1) is 29.3 Å². The number of benzene rings is 1. The number of carbonyl (C=O) groups excluding carboxylic acids is 1. The second kappa shape index (κ2) is 13.1. The van der Waals surface area contributed by atoms with Crippen molar-refractivity contribution in [2.75, 3.05) is 18.4 Å². The zero-order valence-corrected chi connectivity index (χ0v) is 19.5. The van der Waals surface area contributed by atoms with Gasteiger partial charge in [0.2, 0.25) is 0 Å². The van der Waals surface area contributed by atoms with Crippen LogP contribution in [0.5, 0.6) is 0 Å². The fraction of sp³-hybridized carbons (Fsp3) is 0.238. The van der Waals surface area contributed by atoms with Crippen molar-refractivity contribution in [3.8, 4) is 0 Å². The number of rotatable bonds is 6. The monoisotopic (exact) mass is 498 g/mol. The van der Waals surface area contributed by atoms with Gasteiger partial charge in [0.15, 0.2) is 0 Å². The van der Waals surface area contributed by atoms with Crippen LogP contribution in [0.2, 0.25) is 0 Å². The lowest BCUT2D eigenvalue weighted by atomic mass is 10.2. The van der Waals surface area contributed by atoms with Crippen molar-refractivity contribution in [2.24, 2.45) is 0 Å². The molecule has 32 heavy (non-hydrogen) atoms. The summed E-state index contributed by atoms with van der Waals surface area (Å²) in [6.45, 7) is 2.73. The van der Waals surface area contributed by atoms with Gasteiger partial charge in [-0.2, -0.15) is 0 Å². The van der Waals surface area contributed by atoms with Crippen LogP contribution in [0, 0.1) is 0 Å². The van der Waals surface area contributed by atoms with E-state index in [1.54, 1.807) is 12.4 Å². The molecule has 1 fully saturated rings. The van der Waals surface area contributed by atoms with Gasteiger partial charge in [0, 0.05) is 37.1 Å². The van der Waals surface area contributed by atoms with Crippen molar-refractivity contribution in [1.82, 2.24) is 25.3 Å². The summed E-state index contributed by atoms with van der Waals surface area (Å²) in [5, 5.41) is 13.0. The number of nitrogens with zero attached hydrogens (tertiary/aromatic N) is 4. The first-order chi connectivity index (χ1) is 14.2. The molecule has 0 saturated carbocycles. The minimum absolute atomic E-state index is 0. The van der Waals surface area contributed by atoms with Gasteiger partial charge < -0.3 is 5.32 Å². The van der Waals surface area contributed by atoms with E-state index >= 15 is 0 Å². The van der Waals surface area contributed by atoms with Crippen molar-refractivity contribution in [3.63, 3.8) is 0 Å². The Hall–Kier alpha value is -2.49. The maximum atomic E-state index is 11.0. The van der Waals surface area contributed by atoms with Gasteiger partial charge in [0.1, 0.15) is 5.82 Å². The lowest BCUT2D eigenvalue weighted by Crippen LogP contribution is -2.26. The van der Waals surface area contributed by atoms with Crippen LogP contribution < -0.4 is 10.8 Å². The molecule has 3 heterocycles. The maximum Gasteiger partial charge on any atom is 0.267 e. The van der Waals surface area contributed by atoms with Crippen molar-refractivity contribution in [2.45, 2.75) is 19.0 Å². The van der Waals surface area contributed by atoms with E-state index in [0.29, 0.717) is 17.6 Å². The average molecular weight is 500 g/mol. The fourth-order valence-corrected chi connectivity index (χ4v) is 3.43. The number of halogens is 3. The number of fused-ring (bicyclic) bond motifs is 1. The predicted molar refractivity (Wildman–Crippen MR) is 132 cm³/mol. The van der Waals surface area contributed by atoms with Crippen molar-refractivity contribution in [1.29, 1.82) is 0 Å². The van der Waals surface area contributed by atoms with E-state index in [9.17, 15) is 4.79 Å². The van der Waals surface area contributed by atoms with Gasteiger partial charge in [0.25, 0.3) is 5.91 Å². The largest absolute Gasteiger partial charge is 0.365 e. The Labute approximate surface area is 204 Å². The smallest absolute Gasteiger partial charge is 0.267 e. The third kappa shape index (κ3) is 7.29. The minimum Gasteiger partial charge on any atom is -0.365 e. The molecule has 1 amide bonds. The molecule has 11 heteroatoms. The highest BCUT2D eigenvalue weighted by Gasteiger charge is 2.23. The molecule has 3 aromatic rings. The molecule has 172 valence electrons. The fourth-order valence-electron chi connectivity index (χ4n) is 3.43. The quantitative estimate of drug-likeness (QED) is 0.271. The third-order valence-electron chi connectivity index (χ3n) is 4.85. The van der Waals surface area contributed by atoms with E-state index in [1.165, 1.54) is 17.6 Å². The molecule has 0 aliphatic carbocycles. The molecule has 1 aliphatic heterocycles. The standard InChI is InChI=1S/C21H22N6O2.3ClH/c28-21(26-29)8-7-16-11-23-20(12-22-16)25-18-9-10-27(14-18)13-17-6-5-15-3-1-2-4-19(15)24-17;;;/h1-8,11-12,18,29H,9-10,13-14H2,(H,23,25)(H,26,28);3*1H/t18-;;;/m1.../s1. The van der Waals surface area contributed by atoms with Crippen LogP contribution in [0.3, 0.4) is 0 Å². The Balaban J connectivity index is 0.00000171. The summed E-state index contributed by atoms with van der Waals surface area (Å²) >= 11 is 0. The highest BCUT2D eigenvalue weighted by Crippen LogP contribution is 2.18. The molecule has 0 radical (unpaired) electrons. The van der Waals surface area contributed by atoms with E-state index in [1.807, 2.05) is 18.2 Å². The Morgan fingerprint density at radius 1 is 1.12 bits per heavy atom. The van der Waals surface area contributed by atoms with Gasteiger partial charge in [-0.25, -0.2) is 10.5 Å². The predicted octanol–water partition coefficient (Wildman–Crippen LogP) is 3.50. The topological polar surface area (TPSA) is 103 Å². The van der Waals surface area contributed by atoms with E-state index < -0.39 is 5.91 Å². The van der Waals surface area contributed by atoms with Gasteiger partial charge in [-0.1, -0.05) is 24.3 Å². The number of hydroxylamine groups is 1. The first kappa shape index (κ1) is 27.5. The molecule has 1 atom stereocenters. The molecule has 8 nitrogen and oxygen atoms in total. The lowest BCUT2D eigenvalue weighted by Gasteiger charge is -2.17. The summed E-state index contributed by atoms with van der Waals surface area (Å²) in [5.41, 5.74) is 4.17. The van der Waals surface area contributed by atoms with Gasteiger partial charge in [-0.05, 0) is 24.6 Å². The van der Waals surface area contributed by atoms with Crippen LogP contribution in [-0.4, -0.2) is 50.1 Å². The number of pyridine rings is 1. The number of anilines is 1. The molecular formula is C21H25Cl3N6O2. The van der Waals surface area contributed by atoms with Crippen LogP contribution in [-0.2, 0) is 11.3 Å². The van der Waals surface area contributed by atoms with Crippen molar-refractivity contribution >= 4 is 65.9 Å². The SMILES string of the molecule is Cl.Cl.Cl.O=C(C=Cc1cnc(N[C@@H]2CCN(Cc3ccc4ccccc4n3)C2)cn1)NO. The zero-order valence-electron chi connectivity index (χ0n) is 17.0. The average Bonchev–Trinajstić information content (AvgIpc) is 3.19. The van der Waals surface area contributed by atoms with Crippen LogP contribution in [0.1, 0.15) is 17.8 Å². The normalized spacial score (nSPS) is 15.5. The number of hydrogen-bond acceptors (Lipinski definition) is 7. The minimum atomic E-state index is -0.610. The van der Waals surface area contributed by atoms with Crippen molar-refractivity contribution < 1.29 is 10.0 Å². The van der Waals surface area contributed by atoms with Gasteiger partial charge in [-0.3, -0.25) is 24.9 Å². The molecule has 2 aromatic heterocycles. The van der Waals surface area contributed by atoms with E-state index in [2.05, 4.69) is 38.4 Å². The van der Waals surface area contributed by atoms with Crippen molar-refractivity contribution in [3.05, 3.63) is 66.3 Å². The molecular weight excluding hydrogens is 475 g/mol. The molecule has 0 unspecified atom stereocenters. The van der Waals surface area contributed by atoms with E-state index in [0.717, 1.165) is 42.7 Å². The molecule has 0 spiro atoms. The van der Waals surface area contributed by atoms with Gasteiger partial charge in [-0.15, -0.1) is 37.2 Å². The highest BCUT2D eigenvalue weighted by molar-refractivity contribution is 5.90. The number of likely N-dealkylation sites (tertiary alicyclic amines) is 1. The molecule has 1 aromatic carbocycles. The third-order valence-corrected chi connectivity index (χ3v) is 4.85. The summed E-state index contributed by atoms with van der Waals surface area (Å²) < 4.78 is 0. The number of aromatic nitrogens is 3. The van der Waals surface area contributed by atoms with Gasteiger partial charge >= 0.3 is 0 Å². The number of para-hydroxylation sites is 1. The number of carbonyl (C=O) groups is 1. The Kier molecular flexibility index (Phi) is 11.3. The lowest BCUT2D eigenvalue weighted by molar-refractivity contribution is -0.124. The van der Waals surface area contributed by atoms with Crippen LogP contribution in [0.15, 0.2) is 54.9 Å². The summed E-state index contributed by atoms with van der Waals surface area (Å²) in [6, 6.07) is 12.7. The Morgan fingerprint density at radius 2 is 1.94 bits per heavy atom. The first-order valence-corrected chi connectivity index (χ1v) is 9.47. The molecule has 3 N–H and O–H groups in total. The summed E-state index contributed by atoms with van der Waals surface area (Å²) in [7, 11) is 0. The molecule has 1 saturated heterocycles. The second-order valence-corrected chi connectivity index (χ2v) is 7.00. The number of hydrogen-bond donors (Lipinski definition) is 3.